The Kier molecular flexibility index (Phi) is 6.45. The molecule has 0 spiro atoms. The largest absolute Gasteiger partial charge is 0.347 e. The van der Waals surface area contributed by atoms with Crippen LogP contribution in [0.5, 0.6) is 0 Å². The van der Waals surface area contributed by atoms with Crippen LogP contribution in [0.1, 0.15) is 29.9 Å². The maximum absolute atomic E-state index is 12.6. The van der Waals surface area contributed by atoms with Crippen molar-refractivity contribution >= 4 is 17.5 Å². The van der Waals surface area contributed by atoms with E-state index in [4.69, 9.17) is 16.1 Å². The lowest BCUT2D eigenvalue weighted by atomic mass is 9.95. The van der Waals surface area contributed by atoms with E-state index in [9.17, 15) is 4.79 Å². The summed E-state index contributed by atoms with van der Waals surface area (Å²) >= 11 is 5.90. The Morgan fingerprint density at radius 3 is 2.63 bits per heavy atom. The summed E-state index contributed by atoms with van der Waals surface area (Å²) in [6.45, 7) is 5.17. The number of hydrogen-bond acceptors (Lipinski definition) is 5. The van der Waals surface area contributed by atoms with Crippen LogP contribution in [-0.4, -0.2) is 34.0 Å². The first-order valence-electron chi connectivity index (χ1n) is 10.2. The molecule has 0 bridgehead atoms. The molecule has 1 N–H and O–H groups in total. The molecular weight excluding hydrogens is 400 g/mol. The maximum Gasteiger partial charge on any atom is 0.246 e. The van der Waals surface area contributed by atoms with Gasteiger partial charge in [0, 0.05) is 23.0 Å². The highest BCUT2D eigenvalue weighted by Crippen LogP contribution is 2.21. The second-order valence-corrected chi connectivity index (χ2v) is 8.15. The van der Waals surface area contributed by atoms with E-state index in [2.05, 4.69) is 51.5 Å². The SMILES string of the molecule is Cc1ccccc1CN1CCC(C(=O)NCc2nc(-c3ccc(Cl)cc3)no2)CC1. The van der Waals surface area contributed by atoms with Gasteiger partial charge in [0.25, 0.3) is 0 Å². The van der Waals surface area contributed by atoms with Crippen molar-refractivity contribution in [1.29, 1.82) is 0 Å². The monoisotopic (exact) mass is 424 g/mol. The van der Waals surface area contributed by atoms with Gasteiger partial charge in [0.2, 0.25) is 17.6 Å². The highest BCUT2D eigenvalue weighted by Gasteiger charge is 2.25. The molecule has 0 radical (unpaired) electrons. The minimum absolute atomic E-state index is 0.0248. The highest BCUT2D eigenvalue weighted by atomic mass is 35.5. The molecule has 1 aromatic heterocycles. The van der Waals surface area contributed by atoms with Gasteiger partial charge in [-0.15, -0.1) is 0 Å². The van der Waals surface area contributed by atoms with E-state index in [1.54, 1.807) is 12.1 Å². The van der Waals surface area contributed by atoms with E-state index in [1.165, 1.54) is 11.1 Å². The van der Waals surface area contributed by atoms with Crippen molar-refractivity contribution < 1.29 is 9.32 Å². The molecule has 0 saturated carbocycles. The Hall–Kier alpha value is -2.70. The average Bonchev–Trinajstić information content (AvgIpc) is 3.24. The summed E-state index contributed by atoms with van der Waals surface area (Å²) in [5.41, 5.74) is 3.49. The fraction of sp³-hybridized carbons (Fsp3) is 0.348. The number of rotatable bonds is 6. The summed E-state index contributed by atoms with van der Waals surface area (Å²) in [6, 6.07) is 15.7. The molecule has 0 unspecified atom stereocenters. The summed E-state index contributed by atoms with van der Waals surface area (Å²) in [7, 11) is 0. The lowest BCUT2D eigenvalue weighted by molar-refractivity contribution is -0.126. The number of piperidine rings is 1. The van der Waals surface area contributed by atoms with Crippen molar-refractivity contribution in [2.75, 3.05) is 13.1 Å². The zero-order valence-electron chi connectivity index (χ0n) is 17.0. The van der Waals surface area contributed by atoms with Gasteiger partial charge >= 0.3 is 0 Å². The standard InChI is InChI=1S/C23H25ClN4O2/c1-16-4-2-3-5-19(16)15-28-12-10-18(11-13-28)23(29)25-14-21-26-22(27-30-21)17-6-8-20(24)9-7-17/h2-9,18H,10-15H2,1H3,(H,25,29). The number of hydrogen-bond donors (Lipinski definition) is 1. The number of aryl methyl sites for hydroxylation is 1. The van der Waals surface area contributed by atoms with Crippen molar-refractivity contribution in [3.63, 3.8) is 0 Å². The van der Waals surface area contributed by atoms with Gasteiger partial charge in [0.05, 0.1) is 6.54 Å². The molecule has 3 aromatic rings. The second kappa shape index (κ2) is 9.41. The number of likely N-dealkylation sites (tertiary alicyclic amines) is 1. The Bertz CT molecular complexity index is 994. The third kappa shape index (κ3) is 5.07. The number of halogens is 1. The number of carbonyl (C=O) groups is 1. The van der Waals surface area contributed by atoms with Crippen LogP contribution >= 0.6 is 11.6 Å². The minimum Gasteiger partial charge on any atom is -0.347 e. The van der Waals surface area contributed by atoms with Crippen LogP contribution in [0, 0.1) is 12.8 Å². The van der Waals surface area contributed by atoms with Crippen LogP contribution in [0.15, 0.2) is 53.1 Å². The van der Waals surface area contributed by atoms with Crippen molar-refractivity contribution in [2.24, 2.45) is 5.92 Å². The summed E-state index contributed by atoms with van der Waals surface area (Å²) < 4.78 is 5.26. The van der Waals surface area contributed by atoms with Gasteiger partial charge < -0.3 is 9.84 Å². The van der Waals surface area contributed by atoms with E-state index in [0.29, 0.717) is 16.7 Å². The first-order chi connectivity index (χ1) is 14.6. The van der Waals surface area contributed by atoms with Crippen molar-refractivity contribution in [1.82, 2.24) is 20.4 Å². The van der Waals surface area contributed by atoms with Gasteiger partial charge in [-0.2, -0.15) is 4.98 Å². The van der Waals surface area contributed by atoms with Gasteiger partial charge in [-0.05, 0) is 68.2 Å². The molecule has 2 aromatic carbocycles. The Morgan fingerprint density at radius 2 is 1.90 bits per heavy atom. The number of carbonyl (C=O) groups excluding carboxylic acids is 1. The predicted molar refractivity (Wildman–Crippen MR) is 116 cm³/mol. The van der Waals surface area contributed by atoms with Crippen LogP contribution in [0.25, 0.3) is 11.4 Å². The molecular formula is C23H25ClN4O2. The van der Waals surface area contributed by atoms with Crippen LogP contribution in [0.4, 0.5) is 0 Å². The van der Waals surface area contributed by atoms with Gasteiger partial charge in [-0.1, -0.05) is 41.0 Å². The van der Waals surface area contributed by atoms with E-state index in [1.807, 2.05) is 12.1 Å². The molecule has 1 aliphatic heterocycles. The Labute approximate surface area is 181 Å². The fourth-order valence-electron chi connectivity index (χ4n) is 3.73. The fourth-order valence-corrected chi connectivity index (χ4v) is 3.86. The van der Waals surface area contributed by atoms with Gasteiger partial charge in [0.15, 0.2) is 0 Å². The van der Waals surface area contributed by atoms with Crippen molar-refractivity contribution in [3.05, 3.63) is 70.6 Å². The van der Waals surface area contributed by atoms with Crippen molar-refractivity contribution in [2.45, 2.75) is 32.9 Å². The lowest BCUT2D eigenvalue weighted by Crippen LogP contribution is -2.40. The highest BCUT2D eigenvalue weighted by molar-refractivity contribution is 6.30. The third-order valence-electron chi connectivity index (χ3n) is 5.60. The smallest absolute Gasteiger partial charge is 0.246 e. The average molecular weight is 425 g/mol. The van der Waals surface area contributed by atoms with Crippen LogP contribution in [0.2, 0.25) is 5.02 Å². The molecule has 0 atom stereocenters. The Balaban J connectivity index is 1.24. The van der Waals surface area contributed by atoms with Crippen LogP contribution < -0.4 is 5.32 Å². The van der Waals surface area contributed by atoms with Gasteiger partial charge in [0.1, 0.15) is 0 Å². The molecule has 0 aliphatic carbocycles. The normalized spacial score (nSPS) is 15.3. The molecule has 1 fully saturated rings. The number of aromatic nitrogens is 2. The predicted octanol–water partition coefficient (Wildman–Crippen LogP) is 4.23. The molecule has 1 amide bonds. The topological polar surface area (TPSA) is 71.3 Å². The zero-order chi connectivity index (χ0) is 20.9. The molecule has 156 valence electrons. The van der Waals surface area contributed by atoms with Gasteiger partial charge in [-0.25, -0.2) is 0 Å². The number of benzene rings is 2. The molecule has 1 aliphatic rings. The molecule has 4 rings (SSSR count). The summed E-state index contributed by atoms with van der Waals surface area (Å²) in [4.78, 5) is 19.3. The number of nitrogens with zero attached hydrogens (tertiary/aromatic N) is 3. The van der Waals surface area contributed by atoms with E-state index in [0.717, 1.165) is 38.0 Å². The molecule has 2 heterocycles. The molecule has 6 nitrogen and oxygen atoms in total. The van der Waals surface area contributed by atoms with E-state index >= 15 is 0 Å². The molecule has 1 saturated heterocycles. The van der Waals surface area contributed by atoms with Crippen LogP contribution in [0.3, 0.4) is 0 Å². The van der Waals surface area contributed by atoms with E-state index < -0.39 is 0 Å². The summed E-state index contributed by atoms with van der Waals surface area (Å²) in [5.74, 6) is 0.958. The Morgan fingerprint density at radius 1 is 1.17 bits per heavy atom. The second-order valence-electron chi connectivity index (χ2n) is 7.71. The first-order valence-corrected chi connectivity index (χ1v) is 10.6. The minimum atomic E-state index is 0.0248. The lowest BCUT2D eigenvalue weighted by Gasteiger charge is -2.31. The third-order valence-corrected chi connectivity index (χ3v) is 5.85. The summed E-state index contributed by atoms with van der Waals surface area (Å²) in [6.07, 6.45) is 1.72. The van der Waals surface area contributed by atoms with Gasteiger partial charge in [-0.3, -0.25) is 9.69 Å². The first kappa shape index (κ1) is 20.6. The van der Waals surface area contributed by atoms with Crippen molar-refractivity contribution in [3.8, 4) is 11.4 Å². The zero-order valence-corrected chi connectivity index (χ0v) is 17.7. The van der Waals surface area contributed by atoms with E-state index in [-0.39, 0.29) is 18.4 Å². The summed E-state index contributed by atoms with van der Waals surface area (Å²) in [5, 5.41) is 7.57. The quantitative estimate of drug-likeness (QED) is 0.641. The molecule has 30 heavy (non-hydrogen) atoms. The van der Waals surface area contributed by atoms with Crippen LogP contribution in [-0.2, 0) is 17.9 Å². The maximum atomic E-state index is 12.6. The number of nitrogens with one attached hydrogen (secondary N) is 1. The molecule has 7 heteroatoms. The number of amides is 1.